The summed E-state index contributed by atoms with van der Waals surface area (Å²) in [5.74, 6) is -0.137. The molecule has 0 bridgehead atoms. The summed E-state index contributed by atoms with van der Waals surface area (Å²) >= 11 is 0. The van der Waals surface area contributed by atoms with Gasteiger partial charge in [-0.2, -0.15) is 5.10 Å². The third-order valence-corrected chi connectivity index (χ3v) is 5.46. The van der Waals surface area contributed by atoms with Gasteiger partial charge in [-0.15, -0.1) is 0 Å². The molecule has 0 radical (unpaired) electrons. The monoisotopic (exact) mass is 335 g/mol. The predicted octanol–water partition coefficient (Wildman–Crippen LogP) is 0.269. The summed E-state index contributed by atoms with van der Waals surface area (Å²) in [6.07, 6.45) is 5.40. The van der Waals surface area contributed by atoms with E-state index in [0.717, 1.165) is 39.0 Å². The highest BCUT2D eigenvalue weighted by atomic mass is 16.2. The van der Waals surface area contributed by atoms with Crippen molar-refractivity contribution in [2.75, 3.05) is 40.3 Å². The second-order valence-corrected chi connectivity index (χ2v) is 7.31. The molecule has 134 valence electrons. The highest BCUT2D eigenvalue weighted by molar-refractivity contribution is 6.39. The van der Waals surface area contributed by atoms with E-state index in [1.807, 2.05) is 0 Å². The molecule has 1 atom stereocenters. The average molecular weight is 335 g/mol. The third-order valence-electron chi connectivity index (χ3n) is 5.46. The van der Waals surface area contributed by atoms with Crippen LogP contribution in [-0.2, 0) is 9.59 Å². The van der Waals surface area contributed by atoms with Crippen molar-refractivity contribution in [1.29, 1.82) is 0 Å². The molecule has 2 fully saturated rings. The van der Waals surface area contributed by atoms with Crippen molar-refractivity contribution in [1.82, 2.24) is 20.1 Å². The van der Waals surface area contributed by atoms with Crippen LogP contribution < -0.4 is 5.32 Å². The smallest absolute Gasteiger partial charge is 0.267 e. The molecule has 0 aliphatic carbocycles. The Balaban J connectivity index is 1.53. The fourth-order valence-electron chi connectivity index (χ4n) is 3.92. The van der Waals surface area contributed by atoms with Gasteiger partial charge in [0.25, 0.3) is 5.91 Å². The van der Waals surface area contributed by atoms with Crippen LogP contribution in [0.2, 0.25) is 0 Å². The summed E-state index contributed by atoms with van der Waals surface area (Å²) in [7, 11) is 3.79. The van der Waals surface area contributed by atoms with E-state index in [2.05, 4.69) is 27.3 Å². The van der Waals surface area contributed by atoms with Crippen molar-refractivity contribution in [3.8, 4) is 0 Å². The van der Waals surface area contributed by atoms with Crippen molar-refractivity contribution in [3.05, 3.63) is 0 Å². The fourth-order valence-corrected chi connectivity index (χ4v) is 3.92. The second-order valence-electron chi connectivity index (χ2n) is 7.31. The number of nitrogens with one attached hydrogen (secondary N) is 1. The lowest BCUT2D eigenvalue weighted by molar-refractivity contribution is -0.130. The number of hydrogen-bond acceptors (Lipinski definition) is 5. The molecule has 3 aliphatic heterocycles. The van der Waals surface area contributed by atoms with E-state index < -0.39 is 0 Å². The van der Waals surface area contributed by atoms with Crippen LogP contribution in [0.15, 0.2) is 5.10 Å². The van der Waals surface area contributed by atoms with Crippen molar-refractivity contribution < 1.29 is 9.59 Å². The fraction of sp³-hybridized carbons (Fsp3) is 0.824. The number of rotatable bonds is 3. The Morgan fingerprint density at radius 3 is 2.58 bits per heavy atom. The van der Waals surface area contributed by atoms with E-state index in [1.54, 1.807) is 7.05 Å². The molecule has 24 heavy (non-hydrogen) atoms. The number of carbonyl (C=O) groups is 2. The lowest BCUT2D eigenvalue weighted by atomic mass is 9.98. The standard InChI is InChI=1S/C17H29N5O2/c1-20-10-7-14(8-11-20)22-9-3-4-13(12-22)18-17(24)15-5-6-16(23)21(2)19-15/h13-14H,3-12H2,1-2H3,(H,18,24)/t13-/m0/s1. The van der Waals surface area contributed by atoms with Gasteiger partial charge in [-0.05, 0) is 52.4 Å². The number of hydrogen-bond donors (Lipinski definition) is 1. The van der Waals surface area contributed by atoms with Crippen LogP contribution in [-0.4, -0.2) is 84.7 Å². The van der Waals surface area contributed by atoms with Gasteiger partial charge in [0.2, 0.25) is 5.91 Å². The maximum Gasteiger partial charge on any atom is 0.267 e. The zero-order valence-corrected chi connectivity index (χ0v) is 14.8. The Bertz CT molecular complexity index is 513. The topological polar surface area (TPSA) is 68.2 Å². The first-order valence-corrected chi connectivity index (χ1v) is 9.10. The van der Waals surface area contributed by atoms with Gasteiger partial charge in [0.1, 0.15) is 5.71 Å². The molecular formula is C17H29N5O2. The zero-order chi connectivity index (χ0) is 17.1. The van der Waals surface area contributed by atoms with Crippen molar-refractivity contribution in [2.24, 2.45) is 5.10 Å². The van der Waals surface area contributed by atoms with E-state index in [4.69, 9.17) is 0 Å². The van der Waals surface area contributed by atoms with E-state index >= 15 is 0 Å². The molecule has 2 saturated heterocycles. The highest BCUT2D eigenvalue weighted by Crippen LogP contribution is 2.20. The molecule has 1 N–H and O–H groups in total. The molecule has 3 heterocycles. The minimum atomic E-state index is -0.107. The first-order valence-electron chi connectivity index (χ1n) is 9.10. The summed E-state index contributed by atoms with van der Waals surface area (Å²) in [5.41, 5.74) is 0.480. The molecule has 0 spiro atoms. The van der Waals surface area contributed by atoms with Gasteiger partial charge in [0.15, 0.2) is 0 Å². The Hall–Kier alpha value is -1.47. The molecule has 3 aliphatic rings. The van der Waals surface area contributed by atoms with Crippen LogP contribution in [0.3, 0.4) is 0 Å². The number of piperidine rings is 2. The third kappa shape index (κ3) is 4.13. The van der Waals surface area contributed by atoms with Gasteiger partial charge in [0, 0.05) is 38.5 Å². The van der Waals surface area contributed by atoms with Gasteiger partial charge in [-0.25, -0.2) is 5.01 Å². The minimum Gasteiger partial charge on any atom is -0.347 e. The molecule has 0 aromatic carbocycles. The quantitative estimate of drug-likeness (QED) is 0.804. The molecule has 0 aromatic heterocycles. The molecule has 3 rings (SSSR count). The lowest BCUT2D eigenvalue weighted by Gasteiger charge is -2.41. The van der Waals surface area contributed by atoms with Gasteiger partial charge in [0.05, 0.1) is 0 Å². The molecule has 7 nitrogen and oxygen atoms in total. The number of likely N-dealkylation sites (tertiary alicyclic amines) is 2. The minimum absolute atomic E-state index is 0.0299. The van der Waals surface area contributed by atoms with E-state index in [1.165, 1.54) is 17.9 Å². The summed E-state index contributed by atoms with van der Waals surface area (Å²) < 4.78 is 0. The number of amides is 2. The molecule has 0 saturated carbocycles. The van der Waals surface area contributed by atoms with Crippen molar-refractivity contribution in [2.45, 2.75) is 50.6 Å². The van der Waals surface area contributed by atoms with Crippen LogP contribution in [0.1, 0.15) is 38.5 Å². The Morgan fingerprint density at radius 1 is 1.12 bits per heavy atom. The first kappa shape index (κ1) is 17.4. The van der Waals surface area contributed by atoms with Crippen LogP contribution in [0.4, 0.5) is 0 Å². The van der Waals surface area contributed by atoms with Crippen LogP contribution in [0, 0.1) is 0 Å². The van der Waals surface area contributed by atoms with Crippen molar-refractivity contribution >= 4 is 17.5 Å². The molecule has 0 unspecified atom stereocenters. The van der Waals surface area contributed by atoms with Gasteiger partial charge in [-0.1, -0.05) is 0 Å². The highest BCUT2D eigenvalue weighted by Gasteiger charge is 2.30. The number of carbonyl (C=O) groups excluding carboxylic acids is 2. The van der Waals surface area contributed by atoms with Crippen LogP contribution >= 0.6 is 0 Å². The number of hydrazone groups is 1. The Kier molecular flexibility index (Phi) is 5.50. The van der Waals surface area contributed by atoms with Crippen molar-refractivity contribution in [3.63, 3.8) is 0 Å². The van der Waals surface area contributed by atoms with Gasteiger partial charge >= 0.3 is 0 Å². The van der Waals surface area contributed by atoms with E-state index in [0.29, 0.717) is 24.6 Å². The average Bonchev–Trinajstić information content (AvgIpc) is 2.58. The lowest BCUT2D eigenvalue weighted by Crippen LogP contribution is -2.54. The van der Waals surface area contributed by atoms with E-state index in [-0.39, 0.29) is 17.9 Å². The molecule has 2 amide bonds. The van der Waals surface area contributed by atoms with Gasteiger partial charge in [-0.3, -0.25) is 14.5 Å². The summed E-state index contributed by atoms with van der Waals surface area (Å²) in [6.45, 7) is 4.39. The maximum absolute atomic E-state index is 12.4. The number of nitrogens with zero attached hydrogens (tertiary/aromatic N) is 4. The maximum atomic E-state index is 12.4. The second kappa shape index (κ2) is 7.61. The summed E-state index contributed by atoms with van der Waals surface area (Å²) in [4.78, 5) is 28.9. The predicted molar refractivity (Wildman–Crippen MR) is 92.7 cm³/mol. The SMILES string of the molecule is CN1CCC(N2CCC[C@H](NC(=O)C3=NN(C)C(=O)CC3)C2)CC1. The largest absolute Gasteiger partial charge is 0.347 e. The normalized spacial score (nSPS) is 27.9. The Labute approximate surface area is 144 Å². The molecular weight excluding hydrogens is 306 g/mol. The Morgan fingerprint density at radius 2 is 1.88 bits per heavy atom. The molecule has 0 aromatic rings. The van der Waals surface area contributed by atoms with Crippen LogP contribution in [0.5, 0.6) is 0 Å². The zero-order valence-electron chi connectivity index (χ0n) is 14.8. The van der Waals surface area contributed by atoms with E-state index in [9.17, 15) is 9.59 Å². The molecule has 7 heteroatoms. The van der Waals surface area contributed by atoms with Gasteiger partial charge < -0.3 is 10.2 Å². The first-order chi connectivity index (χ1) is 11.5. The summed E-state index contributed by atoms with van der Waals surface area (Å²) in [5, 5.41) is 8.54. The van der Waals surface area contributed by atoms with Crippen LogP contribution in [0.25, 0.3) is 0 Å². The summed E-state index contributed by atoms with van der Waals surface area (Å²) in [6, 6.07) is 0.841.